The van der Waals surface area contributed by atoms with Crippen molar-refractivity contribution in [1.29, 1.82) is 0 Å². The fourth-order valence-corrected chi connectivity index (χ4v) is 4.88. The van der Waals surface area contributed by atoms with Gasteiger partial charge in [-0.25, -0.2) is 9.37 Å². The molecule has 2 aromatic rings. The molecule has 0 amide bonds. The number of nitrogens with zero attached hydrogens (tertiary/aromatic N) is 2. The molecule has 1 fully saturated rings. The third kappa shape index (κ3) is 2.57. The van der Waals surface area contributed by atoms with Crippen LogP contribution in [0.5, 0.6) is 0 Å². The van der Waals surface area contributed by atoms with Crippen molar-refractivity contribution in [3.63, 3.8) is 0 Å². The van der Waals surface area contributed by atoms with Crippen molar-refractivity contribution in [1.82, 2.24) is 14.9 Å². The van der Waals surface area contributed by atoms with Crippen LogP contribution in [0.4, 0.5) is 4.39 Å². The maximum atomic E-state index is 15.5. The first-order valence-electron chi connectivity index (χ1n) is 7.80. The molecule has 0 aliphatic carbocycles. The second-order valence-corrected chi connectivity index (χ2v) is 7.92. The largest absolute Gasteiger partial charge is 0.325 e. The average molecular weight is 468 g/mol. The molecule has 7 heteroatoms. The lowest BCUT2D eigenvalue weighted by Gasteiger charge is -2.30. The number of rotatable bonds is 1. The van der Waals surface area contributed by atoms with Gasteiger partial charge in [-0.05, 0) is 75.8 Å². The van der Waals surface area contributed by atoms with E-state index in [-0.39, 0.29) is 12.4 Å². The van der Waals surface area contributed by atoms with E-state index in [0.29, 0.717) is 18.7 Å². The first-order valence-corrected chi connectivity index (χ1v) is 9.38. The van der Waals surface area contributed by atoms with Crippen molar-refractivity contribution in [2.24, 2.45) is 0 Å². The van der Waals surface area contributed by atoms with E-state index in [1.165, 1.54) is 5.56 Å². The van der Waals surface area contributed by atoms with Gasteiger partial charge in [-0.15, -0.1) is 12.4 Å². The molecule has 0 bridgehead atoms. The summed E-state index contributed by atoms with van der Waals surface area (Å²) in [4.78, 5) is 4.79. The Morgan fingerprint density at radius 2 is 1.91 bits per heavy atom. The predicted octanol–water partition coefficient (Wildman–Crippen LogP) is 4.79. The van der Waals surface area contributed by atoms with Gasteiger partial charge in [0.25, 0.3) is 0 Å². The smallest absolute Gasteiger partial charge is 0.170 e. The van der Waals surface area contributed by atoms with Crippen molar-refractivity contribution < 1.29 is 4.39 Å². The number of hydrogen-bond donors (Lipinski definition) is 1. The maximum absolute atomic E-state index is 15.5. The number of aromatic nitrogens is 2. The molecule has 1 saturated heterocycles. The minimum absolute atomic E-state index is 0. The second kappa shape index (κ2) is 6.28. The van der Waals surface area contributed by atoms with Gasteiger partial charge in [0.1, 0.15) is 5.82 Å². The molecule has 3 nitrogen and oxygen atoms in total. The van der Waals surface area contributed by atoms with Gasteiger partial charge in [-0.1, -0.05) is 0 Å². The standard InChI is InChI=1S/C16H18Br2FN3.ClH/c1-9-11(17)12(18)10-3-2-8-22-14(10)13(9)21-15(22)16(19)4-6-20-7-5-16;/h20H,2-8H2,1H3;1H. The molecule has 23 heavy (non-hydrogen) atoms. The van der Waals surface area contributed by atoms with Crippen LogP contribution in [0, 0.1) is 6.92 Å². The summed E-state index contributed by atoms with van der Waals surface area (Å²) in [6.45, 7) is 4.36. The molecule has 4 rings (SSSR count). The van der Waals surface area contributed by atoms with Crippen LogP contribution in [0.25, 0.3) is 11.0 Å². The fourth-order valence-electron chi connectivity index (χ4n) is 3.77. The normalized spacial score (nSPS) is 19.7. The Labute approximate surface area is 158 Å². The molecule has 1 aromatic carbocycles. The first kappa shape index (κ1) is 17.6. The van der Waals surface area contributed by atoms with Gasteiger partial charge in [0.15, 0.2) is 5.67 Å². The molecular formula is C16H19Br2ClFN3. The number of alkyl halides is 1. The van der Waals surface area contributed by atoms with Crippen LogP contribution in [-0.4, -0.2) is 22.6 Å². The van der Waals surface area contributed by atoms with Gasteiger partial charge in [0, 0.05) is 28.3 Å². The number of nitrogens with one attached hydrogen (secondary N) is 1. The fraction of sp³-hybridized carbons (Fsp3) is 0.562. The Morgan fingerprint density at radius 1 is 1.22 bits per heavy atom. The summed E-state index contributed by atoms with van der Waals surface area (Å²) in [7, 11) is 0. The Bertz CT molecular complexity index is 769. The lowest BCUT2D eigenvalue weighted by atomic mass is 9.93. The lowest BCUT2D eigenvalue weighted by molar-refractivity contribution is 0.0995. The van der Waals surface area contributed by atoms with Gasteiger partial charge >= 0.3 is 0 Å². The van der Waals surface area contributed by atoms with Crippen LogP contribution >= 0.6 is 44.3 Å². The Kier molecular flexibility index (Phi) is 4.82. The van der Waals surface area contributed by atoms with E-state index >= 15 is 4.39 Å². The Balaban J connectivity index is 0.00000156. The summed E-state index contributed by atoms with van der Waals surface area (Å²) in [5.41, 5.74) is 3.13. The average Bonchev–Trinajstić information content (AvgIpc) is 2.93. The molecule has 2 aliphatic heterocycles. The van der Waals surface area contributed by atoms with E-state index < -0.39 is 5.67 Å². The third-order valence-corrected chi connectivity index (χ3v) is 7.40. The highest BCUT2D eigenvalue weighted by atomic mass is 79.9. The van der Waals surface area contributed by atoms with E-state index in [9.17, 15) is 0 Å². The zero-order valence-electron chi connectivity index (χ0n) is 12.9. The number of hydrogen-bond acceptors (Lipinski definition) is 2. The van der Waals surface area contributed by atoms with Crippen molar-refractivity contribution in [2.45, 2.75) is 44.8 Å². The SMILES string of the molecule is Cc1c(Br)c(Br)c2c3c1nc(C1(F)CCNCC1)n3CCC2.Cl. The minimum atomic E-state index is -1.30. The van der Waals surface area contributed by atoms with Crippen LogP contribution in [0.15, 0.2) is 8.95 Å². The van der Waals surface area contributed by atoms with E-state index in [1.54, 1.807) is 0 Å². The first-order chi connectivity index (χ1) is 10.5. The number of piperidine rings is 1. The van der Waals surface area contributed by atoms with Crippen molar-refractivity contribution in [3.05, 3.63) is 25.9 Å². The summed E-state index contributed by atoms with van der Waals surface area (Å²) in [5, 5.41) is 3.24. The molecule has 0 spiro atoms. The maximum Gasteiger partial charge on any atom is 0.170 e. The zero-order chi connectivity index (χ0) is 15.5. The molecule has 0 radical (unpaired) electrons. The third-order valence-electron chi connectivity index (χ3n) is 5.00. The summed E-state index contributed by atoms with van der Waals surface area (Å²) in [6, 6.07) is 0. The molecule has 1 N–H and O–H groups in total. The van der Waals surface area contributed by atoms with E-state index in [4.69, 9.17) is 4.98 Å². The highest BCUT2D eigenvalue weighted by Gasteiger charge is 2.40. The summed E-state index contributed by atoms with van der Waals surface area (Å²) in [6.07, 6.45) is 3.07. The van der Waals surface area contributed by atoms with Gasteiger partial charge in [0.05, 0.1) is 11.0 Å². The Hall–Kier alpha value is -0.170. The van der Waals surface area contributed by atoms with Gasteiger partial charge in [-0.2, -0.15) is 0 Å². The van der Waals surface area contributed by atoms with Crippen LogP contribution in [-0.2, 0) is 18.6 Å². The number of benzene rings is 1. The monoisotopic (exact) mass is 465 g/mol. The summed E-state index contributed by atoms with van der Waals surface area (Å²) < 4.78 is 19.8. The van der Waals surface area contributed by atoms with Crippen molar-refractivity contribution >= 4 is 55.3 Å². The van der Waals surface area contributed by atoms with Crippen LogP contribution in [0.3, 0.4) is 0 Å². The number of halogens is 4. The molecule has 1 aromatic heterocycles. The van der Waals surface area contributed by atoms with Crippen molar-refractivity contribution in [3.8, 4) is 0 Å². The molecule has 126 valence electrons. The van der Waals surface area contributed by atoms with Crippen LogP contribution in [0.2, 0.25) is 0 Å². The lowest BCUT2D eigenvalue weighted by Crippen LogP contribution is -2.38. The molecule has 2 aliphatic rings. The predicted molar refractivity (Wildman–Crippen MR) is 100 cm³/mol. The number of imidazole rings is 1. The highest BCUT2D eigenvalue weighted by molar-refractivity contribution is 9.13. The molecule has 0 saturated carbocycles. The van der Waals surface area contributed by atoms with E-state index in [0.717, 1.165) is 58.0 Å². The molecule has 0 atom stereocenters. The second-order valence-electron chi connectivity index (χ2n) is 6.33. The Morgan fingerprint density at radius 3 is 2.61 bits per heavy atom. The molecule has 3 heterocycles. The van der Waals surface area contributed by atoms with Gasteiger partial charge < -0.3 is 9.88 Å². The van der Waals surface area contributed by atoms with Crippen LogP contribution < -0.4 is 5.32 Å². The van der Waals surface area contributed by atoms with Gasteiger partial charge in [0.2, 0.25) is 0 Å². The summed E-state index contributed by atoms with van der Waals surface area (Å²) in [5.74, 6) is 0.637. The quantitative estimate of drug-likeness (QED) is 0.654. The van der Waals surface area contributed by atoms with Crippen molar-refractivity contribution in [2.75, 3.05) is 13.1 Å². The van der Waals surface area contributed by atoms with E-state index in [1.807, 2.05) is 0 Å². The van der Waals surface area contributed by atoms with Crippen LogP contribution in [0.1, 0.15) is 36.2 Å². The molecule has 0 unspecified atom stereocenters. The summed E-state index contributed by atoms with van der Waals surface area (Å²) >= 11 is 7.37. The highest BCUT2D eigenvalue weighted by Crippen LogP contribution is 2.43. The zero-order valence-corrected chi connectivity index (χ0v) is 16.9. The molecular weight excluding hydrogens is 448 g/mol. The number of aryl methyl sites for hydroxylation is 3. The minimum Gasteiger partial charge on any atom is -0.325 e. The van der Waals surface area contributed by atoms with Gasteiger partial charge in [-0.3, -0.25) is 0 Å². The van der Waals surface area contributed by atoms with E-state index in [2.05, 4.69) is 48.7 Å². The topological polar surface area (TPSA) is 29.9 Å².